The second-order valence-corrected chi connectivity index (χ2v) is 6.20. The van der Waals surface area contributed by atoms with Crippen molar-refractivity contribution in [2.45, 2.75) is 24.8 Å². The van der Waals surface area contributed by atoms with Gasteiger partial charge in [0.25, 0.3) is 0 Å². The molecule has 1 aromatic heterocycles. The number of hydrogen-bond donors (Lipinski definition) is 2. The molecule has 8 nitrogen and oxygen atoms in total. The van der Waals surface area contributed by atoms with Gasteiger partial charge >= 0.3 is 5.97 Å². The minimum absolute atomic E-state index is 0.202. The lowest BCUT2D eigenvalue weighted by molar-refractivity contribution is 0.0392. The topological polar surface area (TPSA) is 113 Å². The Morgan fingerprint density at radius 3 is 2.84 bits per heavy atom. The summed E-state index contributed by atoms with van der Waals surface area (Å²) >= 11 is 0. The zero-order valence-electron chi connectivity index (χ0n) is 10.6. The number of carbonyl (C=O) groups is 1. The third kappa shape index (κ3) is 2.36. The normalized spacial score (nSPS) is 21.5. The Bertz CT molecular complexity index is 594. The molecule has 0 spiro atoms. The van der Waals surface area contributed by atoms with Gasteiger partial charge in [-0.15, -0.1) is 0 Å². The Morgan fingerprint density at radius 1 is 1.58 bits per heavy atom. The van der Waals surface area contributed by atoms with Crippen LogP contribution in [0.25, 0.3) is 0 Å². The fourth-order valence-corrected chi connectivity index (χ4v) is 3.96. The maximum atomic E-state index is 12.6. The van der Waals surface area contributed by atoms with Crippen molar-refractivity contribution >= 4 is 16.0 Å². The summed E-state index contributed by atoms with van der Waals surface area (Å²) in [5, 5.41) is 15.0. The number of hydrogen-bond acceptors (Lipinski definition) is 5. The highest BCUT2D eigenvalue weighted by Gasteiger charge is 2.37. The lowest BCUT2D eigenvalue weighted by Crippen LogP contribution is -2.47. The standard InChI is InChI=1S/C10H15N3O5S/c1-6-5-18-4-3-13(6)19(16,17)9-7(2)11-12-8(9)10(14)15/h6H,3-5H2,1-2H3,(H,11,12)(H,14,15). The number of sulfonamides is 1. The molecule has 1 unspecified atom stereocenters. The van der Waals surface area contributed by atoms with E-state index in [0.717, 1.165) is 0 Å². The number of nitrogens with one attached hydrogen (secondary N) is 1. The summed E-state index contributed by atoms with van der Waals surface area (Å²) < 4.78 is 31.5. The molecule has 9 heteroatoms. The molecule has 1 fully saturated rings. The number of aromatic nitrogens is 2. The van der Waals surface area contributed by atoms with Gasteiger partial charge in [-0.25, -0.2) is 13.2 Å². The monoisotopic (exact) mass is 289 g/mol. The smallest absolute Gasteiger partial charge is 0.357 e. The molecule has 2 N–H and O–H groups in total. The van der Waals surface area contributed by atoms with Gasteiger partial charge in [-0.05, 0) is 13.8 Å². The van der Waals surface area contributed by atoms with Gasteiger partial charge in [0.1, 0.15) is 4.90 Å². The van der Waals surface area contributed by atoms with Crippen molar-refractivity contribution in [2.75, 3.05) is 19.8 Å². The van der Waals surface area contributed by atoms with E-state index in [1.54, 1.807) is 6.92 Å². The van der Waals surface area contributed by atoms with Gasteiger partial charge in [0.15, 0.2) is 5.69 Å². The first-order valence-corrected chi connectivity index (χ1v) is 7.17. The quantitative estimate of drug-likeness (QED) is 0.798. The molecule has 0 radical (unpaired) electrons. The number of carboxylic acids is 1. The number of H-pyrrole nitrogens is 1. The summed E-state index contributed by atoms with van der Waals surface area (Å²) in [4.78, 5) is 10.8. The molecule has 0 aromatic carbocycles. The molecular weight excluding hydrogens is 274 g/mol. The minimum atomic E-state index is -3.90. The van der Waals surface area contributed by atoms with Gasteiger partial charge in [0, 0.05) is 12.6 Å². The van der Waals surface area contributed by atoms with E-state index in [2.05, 4.69) is 10.2 Å². The molecule has 0 amide bonds. The molecule has 1 atom stereocenters. The van der Waals surface area contributed by atoms with Crippen LogP contribution in [-0.4, -0.2) is 59.8 Å². The molecule has 1 aliphatic rings. The molecule has 1 aliphatic heterocycles. The number of rotatable bonds is 3. The first-order valence-electron chi connectivity index (χ1n) is 5.73. The van der Waals surface area contributed by atoms with Gasteiger partial charge < -0.3 is 9.84 Å². The van der Waals surface area contributed by atoms with Crippen molar-refractivity contribution in [3.8, 4) is 0 Å². The van der Waals surface area contributed by atoms with Crippen LogP contribution in [0.2, 0.25) is 0 Å². The molecule has 2 rings (SSSR count). The van der Waals surface area contributed by atoms with E-state index in [-0.39, 0.29) is 23.2 Å². The second-order valence-electron chi connectivity index (χ2n) is 4.37. The number of morpholine rings is 1. The second kappa shape index (κ2) is 4.91. The maximum absolute atomic E-state index is 12.6. The Labute approximate surface area is 110 Å². The molecule has 0 saturated carbocycles. The van der Waals surface area contributed by atoms with E-state index >= 15 is 0 Å². The molecular formula is C10H15N3O5S. The van der Waals surface area contributed by atoms with Gasteiger partial charge in [0.05, 0.1) is 18.9 Å². The molecule has 106 valence electrons. The van der Waals surface area contributed by atoms with E-state index < -0.39 is 21.7 Å². The number of aryl methyl sites for hydroxylation is 1. The summed E-state index contributed by atoms with van der Waals surface area (Å²) in [5.74, 6) is -1.37. The van der Waals surface area contributed by atoms with E-state index in [1.807, 2.05) is 0 Å². The molecule has 1 saturated heterocycles. The molecule has 2 heterocycles. The first-order chi connectivity index (χ1) is 8.85. The van der Waals surface area contributed by atoms with Crippen LogP contribution in [-0.2, 0) is 14.8 Å². The number of aromatic amines is 1. The van der Waals surface area contributed by atoms with Crippen LogP contribution in [0.1, 0.15) is 23.1 Å². The van der Waals surface area contributed by atoms with Crippen molar-refractivity contribution in [3.05, 3.63) is 11.4 Å². The van der Waals surface area contributed by atoms with Crippen LogP contribution < -0.4 is 0 Å². The Morgan fingerprint density at radius 2 is 2.26 bits per heavy atom. The van der Waals surface area contributed by atoms with E-state index in [9.17, 15) is 13.2 Å². The number of carboxylic acid groups (broad SMARTS) is 1. The molecule has 1 aromatic rings. The van der Waals surface area contributed by atoms with Crippen LogP contribution >= 0.6 is 0 Å². The average molecular weight is 289 g/mol. The molecule has 19 heavy (non-hydrogen) atoms. The largest absolute Gasteiger partial charge is 0.476 e. The van der Waals surface area contributed by atoms with Crippen LogP contribution in [0.15, 0.2) is 4.90 Å². The maximum Gasteiger partial charge on any atom is 0.357 e. The average Bonchev–Trinajstić information content (AvgIpc) is 2.72. The first kappa shape index (κ1) is 14.0. The van der Waals surface area contributed by atoms with Crippen molar-refractivity contribution in [3.63, 3.8) is 0 Å². The van der Waals surface area contributed by atoms with Crippen molar-refractivity contribution < 1.29 is 23.1 Å². The van der Waals surface area contributed by atoms with Crippen molar-refractivity contribution in [1.82, 2.24) is 14.5 Å². The van der Waals surface area contributed by atoms with E-state index in [1.165, 1.54) is 11.2 Å². The zero-order chi connectivity index (χ0) is 14.2. The highest BCUT2D eigenvalue weighted by atomic mass is 32.2. The number of ether oxygens (including phenoxy) is 1. The summed E-state index contributed by atoms with van der Waals surface area (Å²) in [6.07, 6.45) is 0. The number of aromatic carboxylic acids is 1. The van der Waals surface area contributed by atoms with Crippen molar-refractivity contribution in [2.24, 2.45) is 0 Å². The third-order valence-corrected chi connectivity index (χ3v) is 5.14. The van der Waals surface area contributed by atoms with Gasteiger partial charge in [-0.2, -0.15) is 9.40 Å². The fraction of sp³-hybridized carbons (Fsp3) is 0.600. The van der Waals surface area contributed by atoms with Gasteiger partial charge in [-0.1, -0.05) is 0 Å². The molecule has 0 aliphatic carbocycles. The summed E-state index contributed by atoms with van der Waals surface area (Å²) in [5.41, 5.74) is -0.257. The highest BCUT2D eigenvalue weighted by molar-refractivity contribution is 7.89. The van der Waals surface area contributed by atoms with Gasteiger partial charge in [0.2, 0.25) is 10.0 Å². The highest BCUT2D eigenvalue weighted by Crippen LogP contribution is 2.25. The van der Waals surface area contributed by atoms with E-state index in [0.29, 0.717) is 13.2 Å². The molecule has 0 bridgehead atoms. The predicted octanol–water partition coefficient (Wildman–Crippen LogP) is -0.174. The van der Waals surface area contributed by atoms with Crippen LogP contribution in [0.3, 0.4) is 0 Å². The zero-order valence-corrected chi connectivity index (χ0v) is 11.4. The van der Waals surface area contributed by atoms with Crippen LogP contribution in [0, 0.1) is 6.92 Å². The fourth-order valence-electron chi connectivity index (χ4n) is 2.07. The Kier molecular flexibility index (Phi) is 3.61. The Balaban J connectivity index is 2.50. The Hall–Kier alpha value is -1.45. The summed E-state index contributed by atoms with van der Waals surface area (Å²) in [7, 11) is -3.90. The van der Waals surface area contributed by atoms with Crippen molar-refractivity contribution in [1.29, 1.82) is 0 Å². The lowest BCUT2D eigenvalue weighted by atomic mass is 10.3. The summed E-state index contributed by atoms with van der Waals surface area (Å²) in [6.45, 7) is 3.98. The van der Waals surface area contributed by atoms with Gasteiger partial charge in [-0.3, -0.25) is 5.10 Å². The minimum Gasteiger partial charge on any atom is -0.476 e. The summed E-state index contributed by atoms with van der Waals surface area (Å²) in [6, 6.07) is -0.338. The predicted molar refractivity (Wildman–Crippen MR) is 64.5 cm³/mol. The lowest BCUT2D eigenvalue weighted by Gasteiger charge is -2.32. The number of nitrogens with zero attached hydrogens (tertiary/aromatic N) is 2. The van der Waals surface area contributed by atoms with E-state index in [4.69, 9.17) is 9.84 Å². The van der Waals surface area contributed by atoms with Crippen LogP contribution in [0.5, 0.6) is 0 Å². The SMILES string of the molecule is Cc1[nH]nc(C(=O)O)c1S(=O)(=O)N1CCOCC1C. The third-order valence-electron chi connectivity index (χ3n) is 2.97. The van der Waals surface area contributed by atoms with Crippen LogP contribution in [0.4, 0.5) is 0 Å².